The molecular weight excluding hydrogens is 146 g/mol. The fourth-order valence-corrected chi connectivity index (χ4v) is 1.09. The summed E-state index contributed by atoms with van der Waals surface area (Å²) in [7, 11) is 0. The largest absolute Gasteiger partial charge is 0.374 e. The van der Waals surface area contributed by atoms with Crippen molar-refractivity contribution in [2.24, 2.45) is 5.92 Å². The standard InChI is InChI=1S/C11H21N/c1-5-7-9-12(8-6-2)10-11(3)4/h6-7,9,11H,2,5,8,10H2,1,3-4H3/b9-7+. The minimum Gasteiger partial charge on any atom is -0.374 e. The molecule has 1 heteroatoms. The van der Waals surface area contributed by atoms with Crippen molar-refractivity contribution < 1.29 is 0 Å². The summed E-state index contributed by atoms with van der Waals surface area (Å²) >= 11 is 0. The van der Waals surface area contributed by atoms with Crippen molar-refractivity contribution in [3.8, 4) is 0 Å². The molecule has 0 fully saturated rings. The summed E-state index contributed by atoms with van der Waals surface area (Å²) in [5.41, 5.74) is 0. The minimum atomic E-state index is 0.714. The SMILES string of the molecule is C=CCN(/C=C/CC)CC(C)C. The Morgan fingerprint density at radius 3 is 2.50 bits per heavy atom. The van der Waals surface area contributed by atoms with Crippen LogP contribution in [0.15, 0.2) is 24.9 Å². The molecule has 0 aromatic heterocycles. The molecule has 0 heterocycles. The van der Waals surface area contributed by atoms with Gasteiger partial charge in [-0.05, 0) is 18.5 Å². The molecule has 0 unspecified atom stereocenters. The van der Waals surface area contributed by atoms with E-state index in [2.05, 4.69) is 44.5 Å². The summed E-state index contributed by atoms with van der Waals surface area (Å²) < 4.78 is 0. The molecule has 0 amide bonds. The van der Waals surface area contributed by atoms with Gasteiger partial charge in [0.2, 0.25) is 0 Å². The molecule has 0 aliphatic carbocycles. The highest BCUT2D eigenvalue weighted by Crippen LogP contribution is 1.99. The summed E-state index contributed by atoms with van der Waals surface area (Å²) in [5, 5.41) is 0. The van der Waals surface area contributed by atoms with E-state index in [1.165, 1.54) is 0 Å². The predicted molar refractivity (Wildman–Crippen MR) is 56.0 cm³/mol. The molecule has 12 heavy (non-hydrogen) atoms. The second-order valence-corrected chi connectivity index (χ2v) is 3.43. The first-order valence-corrected chi connectivity index (χ1v) is 4.72. The van der Waals surface area contributed by atoms with E-state index in [1.54, 1.807) is 0 Å². The lowest BCUT2D eigenvalue weighted by Gasteiger charge is -2.20. The van der Waals surface area contributed by atoms with Gasteiger partial charge in [-0.1, -0.05) is 32.9 Å². The van der Waals surface area contributed by atoms with E-state index >= 15 is 0 Å². The zero-order valence-corrected chi connectivity index (χ0v) is 8.59. The Balaban J connectivity index is 3.85. The maximum Gasteiger partial charge on any atom is 0.0351 e. The molecule has 0 aliphatic heterocycles. The van der Waals surface area contributed by atoms with Gasteiger partial charge in [-0.2, -0.15) is 0 Å². The van der Waals surface area contributed by atoms with Crippen molar-refractivity contribution in [2.75, 3.05) is 13.1 Å². The zero-order valence-electron chi connectivity index (χ0n) is 8.59. The Kier molecular flexibility index (Phi) is 6.54. The van der Waals surface area contributed by atoms with Crippen molar-refractivity contribution in [3.05, 3.63) is 24.9 Å². The summed E-state index contributed by atoms with van der Waals surface area (Å²) in [4.78, 5) is 2.29. The van der Waals surface area contributed by atoms with Gasteiger partial charge in [0.15, 0.2) is 0 Å². The summed E-state index contributed by atoms with van der Waals surface area (Å²) in [6, 6.07) is 0. The van der Waals surface area contributed by atoms with Gasteiger partial charge in [0, 0.05) is 13.1 Å². The highest BCUT2D eigenvalue weighted by atomic mass is 15.1. The number of hydrogen-bond acceptors (Lipinski definition) is 1. The molecule has 0 N–H and O–H groups in total. The fourth-order valence-electron chi connectivity index (χ4n) is 1.09. The molecule has 1 nitrogen and oxygen atoms in total. The molecule has 0 radical (unpaired) electrons. The van der Waals surface area contributed by atoms with Crippen LogP contribution in [-0.2, 0) is 0 Å². The molecule has 0 saturated carbocycles. The average Bonchev–Trinajstić information content (AvgIpc) is 2.00. The normalized spacial score (nSPS) is 11.0. The van der Waals surface area contributed by atoms with Crippen molar-refractivity contribution in [3.63, 3.8) is 0 Å². The molecular formula is C11H21N. The number of allylic oxidation sites excluding steroid dienone is 1. The zero-order chi connectivity index (χ0) is 9.40. The molecule has 0 aromatic carbocycles. The Morgan fingerprint density at radius 2 is 2.08 bits per heavy atom. The van der Waals surface area contributed by atoms with E-state index in [0.717, 1.165) is 19.5 Å². The van der Waals surface area contributed by atoms with E-state index in [0.29, 0.717) is 5.92 Å². The van der Waals surface area contributed by atoms with Gasteiger partial charge in [0.1, 0.15) is 0 Å². The van der Waals surface area contributed by atoms with Gasteiger partial charge < -0.3 is 4.90 Å². The Labute approximate surface area is 76.8 Å². The van der Waals surface area contributed by atoms with Crippen molar-refractivity contribution in [1.29, 1.82) is 0 Å². The molecule has 0 bridgehead atoms. The summed E-state index contributed by atoms with van der Waals surface area (Å²) in [6.07, 6.45) is 7.40. The van der Waals surface area contributed by atoms with Crippen LogP contribution in [0, 0.1) is 5.92 Å². The van der Waals surface area contributed by atoms with Crippen molar-refractivity contribution in [2.45, 2.75) is 27.2 Å². The first kappa shape index (κ1) is 11.3. The van der Waals surface area contributed by atoms with Crippen LogP contribution in [0.3, 0.4) is 0 Å². The predicted octanol–water partition coefficient (Wildman–Crippen LogP) is 3.05. The third kappa shape index (κ3) is 6.02. The van der Waals surface area contributed by atoms with Crippen LogP contribution in [-0.4, -0.2) is 18.0 Å². The van der Waals surface area contributed by atoms with Crippen LogP contribution in [0.25, 0.3) is 0 Å². The topological polar surface area (TPSA) is 3.24 Å². The van der Waals surface area contributed by atoms with Crippen LogP contribution in [0.2, 0.25) is 0 Å². The number of hydrogen-bond donors (Lipinski definition) is 0. The van der Waals surface area contributed by atoms with Gasteiger partial charge >= 0.3 is 0 Å². The van der Waals surface area contributed by atoms with Crippen LogP contribution in [0.1, 0.15) is 27.2 Å². The van der Waals surface area contributed by atoms with E-state index in [4.69, 9.17) is 0 Å². The summed E-state index contributed by atoms with van der Waals surface area (Å²) in [6.45, 7) is 12.4. The Morgan fingerprint density at radius 1 is 1.42 bits per heavy atom. The molecule has 0 spiro atoms. The highest BCUT2D eigenvalue weighted by Gasteiger charge is 1.98. The maximum atomic E-state index is 3.74. The van der Waals surface area contributed by atoms with Crippen LogP contribution in [0.4, 0.5) is 0 Å². The fraction of sp³-hybridized carbons (Fsp3) is 0.636. The smallest absolute Gasteiger partial charge is 0.0351 e. The molecule has 0 atom stereocenters. The monoisotopic (exact) mass is 167 g/mol. The van der Waals surface area contributed by atoms with Gasteiger partial charge in [0.25, 0.3) is 0 Å². The van der Waals surface area contributed by atoms with E-state index < -0.39 is 0 Å². The van der Waals surface area contributed by atoms with Gasteiger partial charge in [-0.15, -0.1) is 6.58 Å². The van der Waals surface area contributed by atoms with Gasteiger partial charge in [-0.25, -0.2) is 0 Å². The molecule has 70 valence electrons. The van der Waals surface area contributed by atoms with E-state index in [1.807, 2.05) is 6.08 Å². The lowest BCUT2D eigenvalue weighted by Crippen LogP contribution is -2.22. The quantitative estimate of drug-likeness (QED) is 0.550. The lowest BCUT2D eigenvalue weighted by molar-refractivity contribution is 0.359. The van der Waals surface area contributed by atoms with Crippen molar-refractivity contribution >= 4 is 0 Å². The lowest BCUT2D eigenvalue weighted by atomic mass is 10.2. The Hall–Kier alpha value is -0.720. The maximum absolute atomic E-state index is 3.74. The third-order valence-corrected chi connectivity index (χ3v) is 1.52. The molecule has 0 aliphatic rings. The Bertz CT molecular complexity index is 136. The number of rotatable bonds is 6. The molecule has 0 rings (SSSR count). The highest BCUT2D eigenvalue weighted by molar-refractivity contribution is 4.86. The van der Waals surface area contributed by atoms with Crippen LogP contribution in [0.5, 0.6) is 0 Å². The van der Waals surface area contributed by atoms with E-state index in [9.17, 15) is 0 Å². The third-order valence-electron chi connectivity index (χ3n) is 1.52. The molecule has 0 saturated heterocycles. The first-order valence-electron chi connectivity index (χ1n) is 4.72. The first-order chi connectivity index (χ1) is 5.70. The van der Waals surface area contributed by atoms with Crippen LogP contribution >= 0.6 is 0 Å². The van der Waals surface area contributed by atoms with E-state index in [-0.39, 0.29) is 0 Å². The second kappa shape index (κ2) is 6.96. The van der Waals surface area contributed by atoms with Gasteiger partial charge in [-0.3, -0.25) is 0 Å². The van der Waals surface area contributed by atoms with Crippen LogP contribution < -0.4 is 0 Å². The minimum absolute atomic E-state index is 0.714. The number of nitrogens with zero attached hydrogens (tertiary/aromatic N) is 1. The van der Waals surface area contributed by atoms with Gasteiger partial charge in [0.05, 0.1) is 0 Å². The summed E-state index contributed by atoms with van der Waals surface area (Å²) in [5.74, 6) is 0.714. The second-order valence-electron chi connectivity index (χ2n) is 3.43. The average molecular weight is 167 g/mol. The molecule has 0 aromatic rings. The van der Waals surface area contributed by atoms with Crippen molar-refractivity contribution in [1.82, 2.24) is 4.90 Å².